The molecule has 0 aromatic carbocycles. The van der Waals surface area contributed by atoms with Crippen LogP contribution in [0.4, 0.5) is 0 Å². The van der Waals surface area contributed by atoms with Crippen LogP contribution >= 0.6 is 0 Å². The zero-order chi connectivity index (χ0) is 18.8. The third-order valence-electron chi connectivity index (χ3n) is 4.94. The lowest BCUT2D eigenvalue weighted by Crippen LogP contribution is -2.45. The van der Waals surface area contributed by atoms with Crippen molar-refractivity contribution in [3.63, 3.8) is 0 Å². The molecule has 0 aliphatic carbocycles. The molecule has 1 aliphatic heterocycles. The Labute approximate surface area is 153 Å². The fourth-order valence-electron chi connectivity index (χ4n) is 3.66. The number of aryl methyl sites for hydroxylation is 2. The first-order chi connectivity index (χ1) is 12.4. The van der Waals surface area contributed by atoms with Crippen LogP contribution in [0.1, 0.15) is 47.3 Å². The lowest BCUT2D eigenvalue weighted by atomic mass is 9.96. The second-order valence-corrected chi connectivity index (χ2v) is 6.90. The Morgan fingerprint density at radius 2 is 2.08 bits per heavy atom. The molecule has 2 amide bonds. The summed E-state index contributed by atoms with van der Waals surface area (Å²) in [5, 5.41) is 6.92. The molecule has 7 nitrogen and oxygen atoms in total. The van der Waals surface area contributed by atoms with Crippen LogP contribution in [-0.4, -0.2) is 46.1 Å². The van der Waals surface area contributed by atoms with Gasteiger partial charge in [-0.15, -0.1) is 0 Å². The lowest BCUT2D eigenvalue weighted by Gasteiger charge is -2.32. The Balaban J connectivity index is 1.83. The summed E-state index contributed by atoms with van der Waals surface area (Å²) < 4.78 is 7.09. The first-order valence-electron chi connectivity index (χ1n) is 9.12. The van der Waals surface area contributed by atoms with Crippen molar-refractivity contribution in [2.75, 3.05) is 19.6 Å². The van der Waals surface area contributed by atoms with E-state index >= 15 is 0 Å². The lowest BCUT2D eigenvalue weighted by molar-refractivity contribution is -0.126. The minimum absolute atomic E-state index is 0.0291. The topological polar surface area (TPSA) is 80.4 Å². The molecule has 2 aromatic heterocycles. The number of amides is 2. The van der Waals surface area contributed by atoms with Gasteiger partial charge in [-0.05, 0) is 46.6 Å². The quantitative estimate of drug-likeness (QED) is 0.910. The first kappa shape index (κ1) is 18.2. The molecule has 3 heterocycles. The predicted molar refractivity (Wildman–Crippen MR) is 97.4 cm³/mol. The van der Waals surface area contributed by atoms with Crippen molar-refractivity contribution >= 4 is 11.8 Å². The zero-order valence-corrected chi connectivity index (χ0v) is 15.8. The fourth-order valence-corrected chi connectivity index (χ4v) is 3.66. The molecule has 140 valence electrons. The molecule has 26 heavy (non-hydrogen) atoms. The van der Waals surface area contributed by atoms with E-state index in [0.717, 1.165) is 30.0 Å². The number of rotatable bonds is 4. The van der Waals surface area contributed by atoms with Gasteiger partial charge in [-0.3, -0.25) is 14.2 Å². The third kappa shape index (κ3) is 3.38. The van der Waals surface area contributed by atoms with Crippen molar-refractivity contribution in [2.45, 2.75) is 40.5 Å². The second-order valence-electron chi connectivity index (χ2n) is 6.90. The fraction of sp³-hybridized carbons (Fsp3) is 0.526. The van der Waals surface area contributed by atoms with Gasteiger partial charge in [0.05, 0.1) is 11.5 Å². The van der Waals surface area contributed by atoms with E-state index in [9.17, 15) is 9.59 Å². The summed E-state index contributed by atoms with van der Waals surface area (Å²) in [5.41, 5.74) is 2.41. The zero-order valence-electron chi connectivity index (χ0n) is 15.8. The number of hydrogen-bond donors (Lipinski definition) is 1. The normalized spacial score (nSPS) is 17.4. The number of nitrogens with zero attached hydrogens (tertiary/aromatic N) is 3. The summed E-state index contributed by atoms with van der Waals surface area (Å²) in [7, 11) is 0. The standard InChI is InChI=1S/C19H26N4O3/c1-5-20-18(24)15-7-6-8-22(11-15)19(25)16-9-12(2)23(14(16)4)17-10-13(3)26-21-17/h9-10,15H,5-8,11H2,1-4H3,(H,20,24)/t15-/m1/s1. The Hall–Kier alpha value is -2.57. The van der Waals surface area contributed by atoms with Gasteiger partial charge in [0.15, 0.2) is 5.82 Å². The highest BCUT2D eigenvalue weighted by Crippen LogP contribution is 2.24. The monoisotopic (exact) mass is 358 g/mol. The van der Waals surface area contributed by atoms with Gasteiger partial charge in [0.2, 0.25) is 5.91 Å². The predicted octanol–water partition coefficient (Wildman–Crippen LogP) is 2.38. The molecule has 0 bridgehead atoms. The van der Waals surface area contributed by atoms with Gasteiger partial charge in [-0.1, -0.05) is 5.16 Å². The van der Waals surface area contributed by atoms with Crippen LogP contribution in [0.25, 0.3) is 5.82 Å². The molecule has 0 radical (unpaired) electrons. The number of carbonyl (C=O) groups excluding carboxylic acids is 2. The third-order valence-corrected chi connectivity index (χ3v) is 4.94. The minimum Gasteiger partial charge on any atom is -0.360 e. The van der Waals surface area contributed by atoms with Crippen LogP contribution in [0.2, 0.25) is 0 Å². The Bertz CT molecular complexity index is 821. The van der Waals surface area contributed by atoms with Gasteiger partial charge in [-0.2, -0.15) is 0 Å². The molecule has 1 fully saturated rings. The molecule has 0 unspecified atom stereocenters. The highest BCUT2D eigenvalue weighted by atomic mass is 16.5. The van der Waals surface area contributed by atoms with Crippen molar-refractivity contribution in [3.8, 4) is 5.82 Å². The van der Waals surface area contributed by atoms with Gasteiger partial charge in [0.1, 0.15) is 5.76 Å². The molecule has 1 aliphatic rings. The van der Waals surface area contributed by atoms with Crippen molar-refractivity contribution in [1.82, 2.24) is 19.9 Å². The molecule has 2 aromatic rings. The van der Waals surface area contributed by atoms with Crippen molar-refractivity contribution in [2.24, 2.45) is 5.92 Å². The number of likely N-dealkylation sites (tertiary alicyclic amines) is 1. The van der Waals surface area contributed by atoms with Crippen LogP contribution in [0, 0.1) is 26.7 Å². The minimum atomic E-state index is -0.130. The van der Waals surface area contributed by atoms with E-state index in [2.05, 4.69) is 10.5 Å². The molecule has 0 spiro atoms. The molecule has 1 N–H and O–H groups in total. The molecular formula is C19H26N4O3. The van der Waals surface area contributed by atoms with Crippen molar-refractivity contribution in [1.29, 1.82) is 0 Å². The summed E-state index contributed by atoms with van der Waals surface area (Å²) in [6, 6.07) is 3.73. The van der Waals surface area contributed by atoms with Gasteiger partial charge in [0, 0.05) is 37.1 Å². The Morgan fingerprint density at radius 1 is 1.31 bits per heavy atom. The second kappa shape index (κ2) is 7.35. The highest BCUT2D eigenvalue weighted by Gasteiger charge is 2.30. The van der Waals surface area contributed by atoms with Crippen LogP contribution in [0.3, 0.4) is 0 Å². The SMILES string of the molecule is CCNC(=O)[C@@H]1CCCN(C(=O)c2cc(C)n(-c3cc(C)on3)c2C)C1. The average Bonchev–Trinajstić information content (AvgIpc) is 3.17. The van der Waals surface area contributed by atoms with Crippen molar-refractivity contribution < 1.29 is 14.1 Å². The molecule has 1 atom stereocenters. The Kier molecular flexibility index (Phi) is 5.15. The molecule has 3 rings (SSSR count). The van der Waals surface area contributed by atoms with Crippen molar-refractivity contribution in [3.05, 3.63) is 34.8 Å². The molecule has 0 saturated carbocycles. The molecule has 1 saturated heterocycles. The van der Waals surface area contributed by atoms with Gasteiger partial charge in [0.25, 0.3) is 5.91 Å². The van der Waals surface area contributed by atoms with E-state index in [1.165, 1.54) is 0 Å². The summed E-state index contributed by atoms with van der Waals surface area (Å²) in [6.07, 6.45) is 1.67. The van der Waals surface area contributed by atoms with Crippen LogP contribution < -0.4 is 5.32 Å². The number of carbonyl (C=O) groups is 2. The summed E-state index contributed by atoms with van der Waals surface area (Å²) in [6.45, 7) is 9.37. The number of piperidine rings is 1. The van der Waals surface area contributed by atoms with Gasteiger partial charge in [-0.25, -0.2) is 0 Å². The maximum atomic E-state index is 13.1. The van der Waals surface area contributed by atoms with Gasteiger partial charge < -0.3 is 14.7 Å². The maximum Gasteiger partial charge on any atom is 0.255 e. The van der Waals surface area contributed by atoms with E-state index in [1.54, 1.807) is 4.90 Å². The summed E-state index contributed by atoms with van der Waals surface area (Å²) in [5.74, 6) is 1.28. The number of nitrogens with one attached hydrogen (secondary N) is 1. The van der Waals surface area contributed by atoms with E-state index in [0.29, 0.717) is 31.0 Å². The molecular weight excluding hydrogens is 332 g/mol. The average molecular weight is 358 g/mol. The maximum absolute atomic E-state index is 13.1. The number of aromatic nitrogens is 2. The van der Waals surface area contributed by atoms with Crippen LogP contribution in [0.5, 0.6) is 0 Å². The van der Waals surface area contributed by atoms with Crippen LogP contribution in [-0.2, 0) is 4.79 Å². The smallest absolute Gasteiger partial charge is 0.255 e. The summed E-state index contributed by atoms with van der Waals surface area (Å²) >= 11 is 0. The highest BCUT2D eigenvalue weighted by molar-refractivity contribution is 5.96. The summed E-state index contributed by atoms with van der Waals surface area (Å²) in [4.78, 5) is 27.0. The Morgan fingerprint density at radius 3 is 2.73 bits per heavy atom. The van der Waals surface area contributed by atoms with E-state index < -0.39 is 0 Å². The van der Waals surface area contributed by atoms with E-state index in [4.69, 9.17) is 4.52 Å². The van der Waals surface area contributed by atoms with E-state index in [-0.39, 0.29) is 17.7 Å². The molecule has 7 heteroatoms. The number of hydrogen-bond acceptors (Lipinski definition) is 4. The van der Waals surface area contributed by atoms with Gasteiger partial charge >= 0.3 is 0 Å². The van der Waals surface area contributed by atoms with Crippen LogP contribution in [0.15, 0.2) is 16.7 Å². The first-order valence-corrected chi connectivity index (χ1v) is 9.12. The largest absolute Gasteiger partial charge is 0.360 e. The van der Waals surface area contributed by atoms with E-state index in [1.807, 2.05) is 44.4 Å².